The van der Waals surface area contributed by atoms with Gasteiger partial charge in [-0.2, -0.15) is 13.2 Å². The van der Waals surface area contributed by atoms with Crippen LogP contribution < -0.4 is 5.32 Å². The largest absolute Gasteiger partial charge is 0.449 e. The van der Waals surface area contributed by atoms with E-state index in [0.29, 0.717) is 17.0 Å². The Bertz CT molecular complexity index is 1010. The van der Waals surface area contributed by atoms with E-state index in [2.05, 4.69) is 5.32 Å². The lowest BCUT2D eigenvalue weighted by Gasteiger charge is -2.15. The van der Waals surface area contributed by atoms with E-state index in [1.165, 1.54) is 13.0 Å². The number of furan rings is 1. The number of halogens is 4. The smallest absolute Gasteiger partial charge is 0.416 e. The molecule has 0 radical (unpaired) electrons. The number of hydrogen-bond donors (Lipinski definition) is 1. The molecule has 0 saturated carbocycles. The molecule has 5 nitrogen and oxygen atoms in total. The van der Waals surface area contributed by atoms with Crippen LogP contribution in [0.4, 0.5) is 18.9 Å². The van der Waals surface area contributed by atoms with Crippen molar-refractivity contribution in [3.8, 4) is 0 Å². The Hall–Kier alpha value is -3.00. The first-order valence-electron chi connectivity index (χ1n) is 8.02. The molecule has 2 aromatic carbocycles. The van der Waals surface area contributed by atoms with Crippen LogP contribution in [0, 0.1) is 0 Å². The molecule has 3 aromatic rings. The van der Waals surface area contributed by atoms with Crippen molar-refractivity contribution in [2.75, 3.05) is 5.32 Å². The zero-order valence-corrected chi connectivity index (χ0v) is 15.1. The lowest BCUT2D eigenvalue weighted by atomic mass is 10.2. The van der Waals surface area contributed by atoms with E-state index in [4.69, 9.17) is 20.8 Å². The Morgan fingerprint density at radius 3 is 2.54 bits per heavy atom. The maximum absolute atomic E-state index is 12.8. The summed E-state index contributed by atoms with van der Waals surface area (Å²) in [7, 11) is 0. The molecule has 0 unspecified atom stereocenters. The summed E-state index contributed by atoms with van der Waals surface area (Å²) < 4.78 is 48.8. The van der Waals surface area contributed by atoms with Crippen LogP contribution in [0.25, 0.3) is 11.0 Å². The molecule has 3 rings (SSSR count). The highest BCUT2D eigenvalue weighted by Crippen LogP contribution is 2.34. The molecular formula is C19H13ClF3NO4. The van der Waals surface area contributed by atoms with Crippen molar-refractivity contribution in [3.05, 3.63) is 64.9 Å². The lowest BCUT2D eigenvalue weighted by molar-refractivity contribution is -0.137. The molecule has 1 atom stereocenters. The first-order chi connectivity index (χ1) is 13.1. The number of fused-ring (bicyclic) bond motifs is 1. The topological polar surface area (TPSA) is 68.5 Å². The van der Waals surface area contributed by atoms with E-state index < -0.39 is 29.7 Å². The first kappa shape index (κ1) is 19.8. The van der Waals surface area contributed by atoms with Gasteiger partial charge in [-0.05, 0) is 37.3 Å². The highest BCUT2D eigenvalue weighted by Gasteiger charge is 2.31. The number of esters is 1. The maximum atomic E-state index is 12.8. The van der Waals surface area contributed by atoms with Crippen LogP contribution in [0.1, 0.15) is 23.0 Å². The Morgan fingerprint density at radius 1 is 1.14 bits per heavy atom. The van der Waals surface area contributed by atoms with Gasteiger partial charge in [-0.15, -0.1) is 0 Å². The summed E-state index contributed by atoms with van der Waals surface area (Å²) in [5.74, 6) is -1.82. The Labute approximate surface area is 162 Å². The number of amides is 1. The van der Waals surface area contributed by atoms with Gasteiger partial charge in [0.05, 0.1) is 16.3 Å². The van der Waals surface area contributed by atoms with Crippen LogP contribution in [0.2, 0.25) is 5.02 Å². The number of carbonyl (C=O) groups excluding carboxylic acids is 2. The van der Waals surface area contributed by atoms with E-state index in [9.17, 15) is 22.8 Å². The van der Waals surface area contributed by atoms with Gasteiger partial charge in [0, 0.05) is 5.39 Å². The number of rotatable bonds is 4. The predicted octanol–water partition coefficient (Wildman–Crippen LogP) is 5.29. The van der Waals surface area contributed by atoms with Crippen LogP contribution >= 0.6 is 11.6 Å². The Kier molecular flexibility index (Phi) is 5.33. The summed E-state index contributed by atoms with van der Waals surface area (Å²) >= 11 is 5.84. The number of anilines is 1. The minimum Gasteiger partial charge on any atom is -0.449 e. The second-order valence-corrected chi connectivity index (χ2v) is 6.28. The van der Waals surface area contributed by atoms with Crippen molar-refractivity contribution in [1.29, 1.82) is 0 Å². The van der Waals surface area contributed by atoms with Gasteiger partial charge >= 0.3 is 12.1 Å². The van der Waals surface area contributed by atoms with Crippen LogP contribution in [-0.4, -0.2) is 18.0 Å². The van der Waals surface area contributed by atoms with Gasteiger partial charge in [-0.1, -0.05) is 29.8 Å². The van der Waals surface area contributed by atoms with Gasteiger partial charge in [-0.25, -0.2) is 4.79 Å². The molecule has 1 aromatic heterocycles. The quantitative estimate of drug-likeness (QED) is 0.592. The molecule has 0 aliphatic rings. The first-order valence-corrected chi connectivity index (χ1v) is 8.40. The number of alkyl halides is 3. The van der Waals surface area contributed by atoms with Crippen LogP contribution in [0.15, 0.2) is 52.9 Å². The molecule has 28 heavy (non-hydrogen) atoms. The summed E-state index contributed by atoms with van der Waals surface area (Å²) in [4.78, 5) is 24.4. The normalized spacial score (nSPS) is 12.6. The van der Waals surface area contributed by atoms with Crippen molar-refractivity contribution < 1.29 is 31.9 Å². The molecule has 1 amide bonds. The van der Waals surface area contributed by atoms with E-state index in [1.807, 2.05) is 0 Å². The molecule has 1 heterocycles. The zero-order chi connectivity index (χ0) is 20.5. The van der Waals surface area contributed by atoms with E-state index >= 15 is 0 Å². The van der Waals surface area contributed by atoms with Crippen molar-refractivity contribution in [2.45, 2.75) is 19.2 Å². The van der Waals surface area contributed by atoms with Crippen molar-refractivity contribution in [1.82, 2.24) is 0 Å². The fourth-order valence-electron chi connectivity index (χ4n) is 2.39. The molecule has 146 valence electrons. The molecule has 0 fully saturated rings. The SMILES string of the molecule is C[C@@H](OC(=O)c1cc2ccccc2o1)C(=O)Nc1cc(C(F)(F)F)ccc1Cl. The minimum absolute atomic E-state index is 0.0860. The van der Waals surface area contributed by atoms with Gasteiger partial charge in [0.25, 0.3) is 5.91 Å². The van der Waals surface area contributed by atoms with Gasteiger partial charge in [0.1, 0.15) is 5.58 Å². The van der Waals surface area contributed by atoms with Gasteiger partial charge < -0.3 is 14.5 Å². The second kappa shape index (κ2) is 7.55. The average Bonchev–Trinajstić information content (AvgIpc) is 3.06. The van der Waals surface area contributed by atoms with Crippen molar-refractivity contribution >= 4 is 40.1 Å². The number of ether oxygens (including phenoxy) is 1. The highest BCUT2D eigenvalue weighted by atomic mass is 35.5. The average molecular weight is 412 g/mol. The van der Waals surface area contributed by atoms with E-state index in [-0.39, 0.29) is 16.5 Å². The summed E-state index contributed by atoms with van der Waals surface area (Å²) in [5, 5.41) is 2.82. The molecule has 0 spiro atoms. The van der Waals surface area contributed by atoms with Gasteiger partial charge in [0.2, 0.25) is 5.76 Å². The number of carbonyl (C=O) groups is 2. The lowest BCUT2D eigenvalue weighted by Crippen LogP contribution is -2.30. The fourth-order valence-corrected chi connectivity index (χ4v) is 2.55. The molecule has 0 aliphatic heterocycles. The van der Waals surface area contributed by atoms with Crippen LogP contribution in [0.3, 0.4) is 0 Å². The van der Waals surface area contributed by atoms with Crippen molar-refractivity contribution in [2.24, 2.45) is 0 Å². The van der Waals surface area contributed by atoms with Crippen LogP contribution in [0.5, 0.6) is 0 Å². The summed E-state index contributed by atoms with van der Waals surface area (Å²) in [6, 6.07) is 10.9. The van der Waals surface area contributed by atoms with E-state index in [0.717, 1.165) is 12.1 Å². The summed E-state index contributed by atoms with van der Waals surface area (Å²) in [5.41, 5.74) is -0.741. The molecule has 0 aliphatic carbocycles. The highest BCUT2D eigenvalue weighted by molar-refractivity contribution is 6.33. The standard InChI is InChI=1S/C19H13ClF3NO4/c1-10(27-18(26)16-8-11-4-2-3-5-15(11)28-16)17(25)24-14-9-12(19(21,22)23)6-7-13(14)20/h2-10H,1H3,(H,24,25)/t10-/m1/s1. The Morgan fingerprint density at radius 2 is 1.86 bits per heavy atom. The zero-order valence-electron chi connectivity index (χ0n) is 14.3. The third-order valence-corrected chi connectivity index (χ3v) is 4.16. The maximum Gasteiger partial charge on any atom is 0.416 e. The van der Waals surface area contributed by atoms with E-state index in [1.54, 1.807) is 24.3 Å². The molecular weight excluding hydrogens is 399 g/mol. The molecule has 0 bridgehead atoms. The summed E-state index contributed by atoms with van der Waals surface area (Å²) in [6.45, 7) is 1.28. The number of hydrogen-bond acceptors (Lipinski definition) is 4. The molecule has 1 N–H and O–H groups in total. The van der Waals surface area contributed by atoms with Crippen molar-refractivity contribution in [3.63, 3.8) is 0 Å². The number of para-hydroxylation sites is 1. The van der Waals surface area contributed by atoms with Crippen LogP contribution in [-0.2, 0) is 15.7 Å². The van der Waals surface area contributed by atoms with Gasteiger partial charge in [0.15, 0.2) is 6.10 Å². The third kappa shape index (κ3) is 4.28. The minimum atomic E-state index is -4.59. The molecule has 9 heteroatoms. The summed E-state index contributed by atoms with van der Waals surface area (Å²) in [6.07, 6.45) is -5.89. The second-order valence-electron chi connectivity index (χ2n) is 5.88. The number of nitrogens with one attached hydrogen (secondary N) is 1. The molecule has 0 saturated heterocycles. The fraction of sp³-hybridized carbons (Fsp3) is 0.158. The van der Waals surface area contributed by atoms with Gasteiger partial charge in [-0.3, -0.25) is 4.79 Å². The Balaban J connectivity index is 1.70. The third-order valence-electron chi connectivity index (χ3n) is 3.83. The predicted molar refractivity (Wildman–Crippen MR) is 96.2 cm³/mol. The number of benzene rings is 2. The monoisotopic (exact) mass is 411 g/mol.